The lowest BCUT2D eigenvalue weighted by atomic mass is 10.0. The van der Waals surface area contributed by atoms with E-state index in [4.69, 9.17) is 9.47 Å². The number of amides is 1. The van der Waals surface area contributed by atoms with E-state index in [1.54, 1.807) is 30.3 Å². The maximum atomic E-state index is 13.3. The second kappa shape index (κ2) is 8.01. The lowest BCUT2D eigenvalue weighted by Gasteiger charge is -2.19. The van der Waals surface area contributed by atoms with Crippen LogP contribution in [-0.2, 0) is 0 Å². The second-order valence-corrected chi connectivity index (χ2v) is 6.55. The topological polar surface area (TPSA) is 47.6 Å². The first-order valence-electron chi connectivity index (χ1n) is 7.93. The summed E-state index contributed by atoms with van der Waals surface area (Å²) in [4.78, 5) is 13.8. The Bertz CT molecular complexity index is 856. The van der Waals surface area contributed by atoms with E-state index in [1.807, 2.05) is 17.5 Å². The second-order valence-electron chi connectivity index (χ2n) is 5.57. The number of thiophene rings is 1. The number of halogens is 1. The molecule has 0 aliphatic carbocycles. The standard InChI is InChI=1S/C20H18FNO3S/c1-24-16-10-14(11-17(12-16)25-2)20(23)22-19(18-4-3-9-26-18)13-5-7-15(21)8-6-13/h3-12,19H,1-2H3,(H,22,23). The van der Waals surface area contributed by atoms with Gasteiger partial charge in [-0.1, -0.05) is 18.2 Å². The zero-order valence-electron chi connectivity index (χ0n) is 14.4. The van der Waals surface area contributed by atoms with Gasteiger partial charge in [0.1, 0.15) is 17.3 Å². The molecule has 134 valence electrons. The fourth-order valence-electron chi connectivity index (χ4n) is 2.58. The molecule has 2 aromatic carbocycles. The lowest BCUT2D eigenvalue weighted by Crippen LogP contribution is -2.28. The van der Waals surface area contributed by atoms with Gasteiger partial charge in [-0.3, -0.25) is 4.79 Å². The van der Waals surface area contributed by atoms with Gasteiger partial charge in [0, 0.05) is 16.5 Å². The number of hydrogen-bond donors (Lipinski definition) is 1. The van der Waals surface area contributed by atoms with Crippen molar-refractivity contribution < 1.29 is 18.7 Å². The number of ether oxygens (including phenoxy) is 2. The predicted octanol–water partition coefficient (Wildman–Crippen LogP) is 4.42. The molecule has 1 heterocycles. The fourth-order valence-corrected chi connectivity index (χ4v) is 3.38. The van der Waals surface area contributed by atoms with Crippen LogP contribution >= 0.6 is 11.3 Å². The number of methoxy groups -OCH3 is 2. The average Bonchev–Trinajstić information content (AvgIpc) is 3.20. The fraction of sp³-hybridized carbons (Fsp3) is 0.150. The van der Waals surface area contributed by atoms with Gasteiger partial charge in [0.05, 0.1) is 20.3 Å². The van der Waals surface area contributed by atoms with Crippen molar-refractivity contribution in [2.24, 2.45) is 0 Å². The van der Waals surface area contributed by atoms with E-state index in [0.29, 0.717) is 17.1 Å². The Morgan fingerprint density at radius 1 is 1.04 bits per heavy atom. The summed E-state index contributed by atoms with van der Waals surface area (Å²) in [5, 5.41) is 4.95. The number of carbonyl (C=O) groups is 1. The van der Waals surface area contributed by atoms with Crippen LogP contribution in [0.5, 0.6) is 11.5 Å². The molecule has 0 bridgehead atoms. The normalized spacial score (nSPS) is 11.7. The van der Waals surface area contributed by atoms with Gasteiger partial charge in [-0.15, -0.1) is 11.3 Å². The minimum absolute atomic E-state index is 0.273. The zero-order valence-corrected chi connectivity index (χ0v) is 15.2. The molecule has 1 N–H and O–H groups in total. The molecular formula is C20H18FNO3S. The molecule has 6 heteroatoms. The van der Waals surface area contributed by atoms with Crippen molar-refractivity contribution in [3.8, 4) is 11.5 Å². The monoisotopic (exact) mass is 371 g/mol. The van der Waals surface area contributed by atoms with Crippen LogP contribution in [0.15, 0.2) is 60.0 Å². The van der Waals surface area contributed by atoms with Crippen molar-refractivity contribution in [3.63, 3.8) is 0 Å². The van der Waals surface area contributed by atoms with Gasteiger partial charge in [-0.25, -0.2) is 4.39 Å². The first kappa shape index (κ1) is 17.9. The molecule has 4 nitrogen and oxygen atoms in total. The van der Waals surface area contributed by atoms with Crippen LogP contribution in [-0.4, -0.2) is 20.1 Å². The summed E-state index contributed by atoms with van der Waals surface area (Å²) < 4.78 is 23.7. The molecule has 3 rings (SSSR count). The summed E-state index contributed by atoms with van der Waals surface area (Å²) in [6.45, 7) is 0. The van der Waals surface area contributed by atoms with E-state index in [1.165, 1.54) is 37.7 Å². The molecule has 0 aliphatic rings. The molecule has 26 heavy (non-hydrogen) atoms. The van der Waals surface area contributed by atoms with Crippen LogP contribution in [0.4, 0.5) is 4.39 Å². The number of hydrogen-bond acceptors (Lipinski definition) is 4. The number of nitrogens with one attached hydrogen (secondary N) is 1. The molecule has 0 spiro atoms. The molecule has 0 saturated heterocycles. The first-order chi connectivity index (χ1) is 12.6. The summed E-state index contributed by atoms with van der Waals surface area (Å²) in [7, 11) is 3.06. The zero-order chi connectivity index (χ0) is 18.5. The maximum absolute atomic E-state index is 13.3. The molecule has 0 radical (unpaired) electrons. The van der Waals surface area contributed by atoms with Gasteiger partial charge in [0.15, 0.2) is 0 Å². The van der Waals surface area contributed by atoms with Crippen molar-refractivity contribution in [1.29, 1.82) is 0 Å². The molecule has 3 aromatic rings. The van der Waals surface area contributed by atoms with Crippen LogP contribution in [0.1, 0.15) is 26.8 Å². The van der Waals surface area contributed by atoms with Gasteiger partial charge >= 0.3 is 0 Å². The molecule has 0 fully saturated rings. The highest BCUT2D eigenvalue weighted by Crippen LogP contribution is 2.28. The van der Waals surface area contributed by atoms with Crippen molar-refractivity contribution in [2.45, 2.75) is 6.04 Å². The molecule has 1 aromatic heterocycles. The smallest absolute Gasteiger partial charge is 0.252 e. The summed E-state index contributed by atoms with van der Waals surface area (Å²) in [6.07, 6.45) is 0. The van der Waals surface area contributed by atoms with Gasteiger partial charge in [-0.2, -0.15) is 0 Å². The number of rotatable bonds is 6. The highest BCUT2D eigenvalue weighted by atomic mass is 32.1. The highest BCUT2D eigenvalue weighted by molar-refractivity contribution is 7.10. The van der Waals surface area contributed by atoms with Gasteiger partial charge in [0.2, 0.25) is 0 Å². The quantitative estimate of drug-likeness (QED) is 0.698. The predicted molar refractivity (Wildman–Crippen MR) is 99.6 cm³/mol. The molecule has 1 unspecified atom stereocenters. The van der Waals surface area contributed by atoms with Crippen LogP contribution in [0.2, 0.25) is 0 Å². The van der Waals surface area contributed by atoms with Crippen molar-refractivity contribution in [2.75, 3.05) is 14.2 Å². The Morgan fingerprint density at radius 3 is 2.23 bits per heavy atom. The SMILES string of the molecule is COc1cc(OC)cc(C(=O)NC(c2ccc(F)cc2)c2cccs2)c1. The molecular weight excluding hydrogens is 353 g/mol. The van der Waals surface area contributed by atoms with Crippen LogP contribution < -0.4 is 14.8 Å². The van der Waals surface area contributed by atoms with E-state index in [9.17, 15) is 9.18 Å². The average molecular weight is 371 g/mol. The number of benzene rings is 2. The van der Waals surface area contributed by atoms with E-state index in [-0.39, 0.29) is 17.8 Å². The third-order valence-corrected chi connectivity index (χ3v) is 4.86. The highest BCUT2D eigenvalue weighted by Gasteiger charge is 2.20. The van der Waals surface area contributed by atoms with Gasteiger partial charge in [0.25, 0.3) is 5.91 Å². The third-order valence-electron chi connectivity index (χ3n) is 3.92. The summed E-state index contributed by atoms with van der Waals surface area (Å²) in [5.74, 6) is 0.473. The Morgan fingerprint density at radius 2 is 1.69 bits per heavy atom. The summed E-state index contributed by atoms with van der Waals surface area (Å²) >= 11 is 1.52. The maximum Gasteiger partial charge on any atom is 0.252 e. The van der Waals surface area contributed by atoms with E-state index in [0.717, 1.165) is 10.4 Å². The van der Waals surface area contributed by atoms with Gasteiger partial charge < -0.3 is 14.8 Å². The van der Waals surface area contributed by atoms with Crippen LogP contribution in [0, 0.1) is 5.82 Å². The van der Waals surface area contributed by atoms with Crippen molar-refractivity contribution in [3.05, 3.63) is 81.8 Å². The number of carbonyl (C=O) groups excluding carboxylic acids is 1. The van der Waals surface area contributed by atoms with E-state index >= 15 is 0 Å². The minimum Gasteiger partial charge on any atom is -0.497 e. The lowest BCUT2D eigenvalue weighted by molar-refractivity contribution is 0.0943. The molecule has 0 saturated carbocycles. The minimum atomic E-state index is -0.375. The Balaban J connectivity index is 1.92. The largest absolute Gasteiger partial charge is 0.497 e. The van der Waals surface area contributed by atoms with E-state index < -0.39 is 0 Å². The Labute approximate surface area is 155 Å². The molecule has 1 atom stereocenters. The molecule has 1 amide bonds. The van der Waals surface area contributed by atoms with Gasteiger partial charge in [-0.05, 0) is 41.3 Å². The van der Waals surface area contributed by atoms with Crippen molar-refractivity contribution >= 4 is 17.2 Å². The van der Waals surface area contributed by atoms with Crippen molar-refractivity contribution in [1.82, 2.24) is 5.32 Å². The Hall–Kier alpha value is -2.86. The van der Waals surface area contributed by atoms with E-state index in [2.05, 4.69) is 5.32 Å². The summed E-state index contributed by atoms with van der Waals surface area (Å²) in [5.41, 5.74) is 1.22. The van der Waals surface area contributed by atoms with Crippen LogP contribution in [0.3, 0.4) is 0 Å². The first-order valence-corrected chi connectivity index (χ1v) is 8.81. The Kier molecular flexibility index (Phi) is 5.53. The molecule has 0 aliphatic heterocycles. The van der Waals surface area contributed by atoms with Crippen LogP contribution in [0.25, 0.3) is 0 Å². The summed E-state index contributed by atoms with van der Waals surface area (Å²) in [6, 6.07) is 14.6. The third kappa shape index (κ3) is 4.03.